The third-order valence-electron chi connectivity index (χ3n) is 9.35. The van der Waals surface area contributed by atoms with Crippen LogP contribution in [-0.2, 0) is 4.79 Å². The van der Waals surface area contributed by atoms with Crippen molar-refractivity contribution in [3.05, 3.63) is 66.1 Å². The largest absolute Gasteiger partial charge is 0.481 e. The Balaban J connectivity index is 1.30. The number of carbonyl (C=O) groups is 1. The zero-order valence-corrected chi connectivity index (χ0v) is 26.7. The lowest BCUT2D eigenvalue weighted by atomic mass is 9.71. The number of methoxy groups -OCH3 is 1. The first kappa shape index (κ1) is 33.0. The molecular formula is C33H37F3N8O4. The van der Waals surface area contributed by atoms with Gasteiger partial charge in [-0.25, -0.2) is 9.67 Å². The number of aryl methyl sites for hydroxylation is 1. The third-order valence-corrected chi connectivity index (χ3v) is 9.35. The van der Waals surface area contributed by atoms with Crippen molar-refractivity contribution in [2.75, 3.05) is 30.8 Å². The first-order valence-corrected chi connectivity index (χ1v) is 15.7. The topological polar surface area (TPSA) is 154 Å². The van der Waals surface area contributed by atoms with Crippen molar-refractivity contribution in [3.63, 3.8) is 0 Å². The summed E-state index contributed by atoms with van der Waals surface area (Å²) in [6.45, 7) is 4.82. The van der Waals surface area contributed by atoms with Crippen LogP contribution in [0.2, 0.25) is 0 Å². The van der Waals surface area contributed by atoms with Crippen LogP contribution in [0.4, 0.5) is 24.9 Å². The average molecular weight is 667 g/mol. The Labute approximate surface area is 275 Å². The van der Waals surface area contributed by atoms with Crippen molar-refractivity contribution >= 4 is 17.7 Å². The summed E-state index contributed by atoms with van der Waals surface area (Å²) in [4.78, 5) is 26.2. The van der Waals surface area contributed by atoms with E-state index in [0.29, 0.717) is 60.9 Å². The fourth-order valence-corrected chi connectivity index (χ4v) is 6.91. The van der Waals surface area contributed by atoms with Gasteiger partial charge in [0, 0.05) is 54.8 Å². The van der Waals surface area contributed by atoms with E-state index in [0.717, 1.165) is 6.42 Å². The van der Waals surface area contributed by atoms with Crippen molar-refractivity contribution in [2.24, 2.45) is 5.41 Å². The van der Waals surface area contributed by atoms with E-state index in [9.17, 15) is 23.1 Å². The van der Waals surface area contributed by atoms with Gasteiger partial charge in [-0.15, -0.1) is 0 Å². The van der Waals surface area contributed by atoms with E-state index in [4.69, 9.17) is 15.2 Å². The van der Waals surface area contributed by atoms with Gasteiger partial charge in [0.2, 0.25) is 23.8 Å². The minimum absolute atomic E-state index is 0.0581. The van der Waals surface area contributed by atoms with Gasteiger partial charge in [-0.3, -0.25) is 4.79 Å². The molecule has 6 rings (SSSR count). The second-order valence-corrected chi connectivity index (χ2v) is 12.3. The molecule has 12 nitrogen and oxygen atoms in total. The average Bonchev–Trinajstić information content (AvgIpc) is 3.66. The molecule has 0 radical (unpaired) electrons. The number of anilines is 2. The number of pyridine rings is 1. The van der Waals surface area contributed by atoms with Crippen LogP contribution in [0.1, 0.15) is 50.0 Å². The number of aliphatic carboxylic acids is 1. The fraction of sp³-hybridized carbons (Fsp3) is 0.424. The standard InChI is InChI=1S/C33H37F3N8O4/c1-4-25-32(17-23(39-25)30(45)46)10-13-43(14-11-32)26-16-28(41-31(37)40-26)48-29(33(34,35)36)22-7-5-20(21-6-8-27(47-3)38-18-21)15-24(22)44-12-9-19(2)42-44/h5-9,12,15-16,18,23,25,29,39H,4,10-11,13-14,17H2,1-3H3,(H,45,46)(H2,37,40,41)/t23?,25?,29-/m1/s1. The predicted molar refractivity (Wildman–Crippen MR) is 171 cm³/mol. The number of rotatable bonds is 9. The summed E-state index contributed by atoms with van der Waals surface area (Å²) in [5.41, 5.74) is 7.72. The van der Waals surface area contributed by atoms with Gasteiger partial charge in [-0.05, 0) is 61.8 Å². The molecule has 1 spiro atoms. The van der Waals surface area contributed by atoms with Crippen molar-refractivity contribution in [3.8, 4) is 28.6 Å². The molecule has 15 heteroatoms. The number of nitrogens with two attached hydrogens (primary N) is 1. The zero-order chi connectivity index (χ0) is 34.2. The molecule has 0 bridgehead atoms. The van der Waals surface area contributed by atoms with Gasteiger partial charge in [0.05, 0.1) is 18.5 Å². The number of piperidine rings is 1. The molecule has 5 heterocycles. The maximum absolute atomic E-state index is 14.9. The van der Waals surface area contributed by atoms with E-state index >= 15 is 0 Å². The van der Waals surface area contributed by atoms with Crippen LogP contribution in [-0.4, -0.2) is 74.3 Å². The number of hydrogen-bond donors (Lipinski definition) is 3. The summed E-state index contributed by atoms with van der Waals surface area (Å²) in [5, 5.41) is 17.2. The number of aromatic nitrogens is 5. The quantitative estimate of drug-likeness (QED) is 0.218. The highest BCUT2D eigenvalue weighted by Gasteiger charge is 2.50. The smallest absolute Gasteiger partial charge is 0.429 e. The van der Waals surface area contributed by atoms with Crippen LogP contribution in [0.3, 0.4) is 0 Å². The second-order valence-electron chi connectivity index (χ2n) is 12.3. The Morgan fingerprint density at radius 1 is 1.12 bits per heavy atom. The fourth-order valence-electron chi connectivity index (χ4n) is 6.91. The second kappa shape index (κ2) is 12.9. The first-order chi connectivity index (χ1) is 22.9. The SMILES string of the molecule is CCC1NC(C(=O)O)CC12CCN(c1cc(O[C@H](c3ccc(-c4ccc(OC)nc4)cc3-n3ccc(C)n3)C(F)(F)F)nc(N)n1)CC2. The van der Waals surface area contributed by atoms with Crippen LogP contribution < -0.4 is 25.4 Å². The van der Waals surface area contributed by atoms with E-state index in [1.807, 2.05) is 11.8 Å². The molecule has 4 N–H and O–H groups in total. The minimum Gasteiger partial charge on any atom is -0.481 e. The summed E-state index contributed by atoms with van der Waals surface area (Å²) < 4.78 is 56.8. The molecule has 48 heavy (non-hydrogen) atoms. The Morgan fingerprint density at radius 2 is 1.88 bits per heavy atom. The molecule has 0 saturated carbocycles. The van der Waals surface area contributed by atoms with E-state index < -0.39 is 24.3 Å². The number of nitrogens with zero attached hydrogens (tertiary/aromatic N) is 6. The maximum Gasteiger partial charge on any atom is 0.429 e. The maximum atomic E-state index is 14.9. The van der Waals surface area contributed by atoms with Gasteiger partial charge in [-0.1, -0.05) is 19.1 Å². The number of hydrogen-bond acceptors (Lipinski definition) is 10. The summed E-state index contributed by atoms with van der Waals surface area (Å²) in [5.74, 6) is -0.674. The molecule has 2 aliphatic rings. The van der Waals surface area contributed by atoms with Crippen molar-refractivity contribution in [1.82, 2.24) is 30.0 Å². The molecule has 0 amide bonds. The van der Waals surface area contributed by atoms with Crippen molar-refractivity contribution < 1.29 is 32.5 Å². The van der Waals surface area contributed by atoms with Gasteiger partial charge in [0.15, 0.2) is 0 Å². The lowest BCUT2D eigenvalue weighted by Crippen LogP contribution is -2.46. The Hall–Kier alpha value is -4.92. The molecule has 0 aliphatic carbocycles. The van der Waals surface area contributed by atoms with Crippen LogP contribution in [0.15, 0.2) is 54.9 Å². The van der Waals surface area contributed by atoms with Gasteiger partial charge in [0.25, 0.3) is 0 Å². The van der Waals surface area contributed by atoms with Gasteiger partial charge in [0.1, 0.15) is 11.9 Å². The number of carboxylic acids is 1. The van der Waals surface area contributed by atoms with Crippen LogP contribution in [0, 0.1) is 12.3 Å². The van der Waals surface area contributed by atoms with Crippen molar-refractivity contribution in [2.45, 2.75) is 63.9 Å². The van der Waals surface area contributed by atoms with Crippen molar-refractivity contribution in [1.29, 1.82) is 0 Å². The monoisotopic (exact) mass is 666 g/mol. The molecule has 254 valence electrons. The van der Waals surface area contributed by atoms with Crippen LogP contribution in [0.5, 0.6) is 11.8 Å². The lowest BCUT2D eigenvalue weighted by molar-refractivity contribution is -0.198. The number of halogens is 3. The number of nitrogens with one attached hydrogen (secondary N) is 1. The normalized spacial score (nSPS) is 19.8. The molecule has 3 atom stereocenters. The molecule has 2 fully saturated rings. The zero-order valence-electron chi connectivity index (χ0n) is 26.7. The minimum atomic E-state index is -4.84. The van der Waals surface area contributed by atoms with E-state index in [1.165, 1.54) is 23.9 Å². The highest BCUT2D eigenvalue weighted by molar-refractivity contribution is 5.74. The van der Waals surface area contributed by atoms with Gasteiger partial charge < -0.3 is 30.5 Å². The molecular weight excluding hydrogens is 629 g/mol. The number of benzene rings is 1. The number of carboxylic acid groups (broad SMARTS) is 1. The highest BCUT2D eigenvalue weighted by Crippen LogP contribution is 2.46. The van der Waals surface area contributed by atoms with Gasteiger partial charge in [-0.2, -0.15) is 28.2 Å². The number of nitrogen functional groups attached to an aromatic ring is 1. The van der Waals surface area contributed by atoms with E-state index in [2.05, 4.69) is 25.4 Å². The molecule has 1 aromatic carbocycles. The molecule has 2 aliphatic heterocycles. The Kier molecular flexibility index (Phi) is 8.90. The molecule has 3 aromatic heterocycles. The summed E-state index contributed by atoms with van der Waals surface area (Å²) in [7, 11) is 1.50. The highest BCUT2D eigenvalue weighted by atomic mass is 19.4. The number of ether oxygens (including phenoxy) is 2. The van der Waals surface area contributed by atoms with Gasteiger partial charge >= 0.3 is 12.1 Å². The first-order valence-electron chi connectivity index (χ1n) is 15.7. The molecule has 2 unspecified atom stereocenters. The lowest BCUT2D eigenvalue weighted by Gasteiger charge is -2.43. The predicted octanol–water partition coefficient (Wildman–Crippen LogP) is 5.12. The van der Waals surface area contributed by atoms with Crippen LogP contribution >= 0.6 is 0 Å². The van der Waals surface area contributed by atoms with Crippen LogP contribution in [0.25, 0.3) is 16.8 Å². The number of alkyl halides is 3. The Bertz CT molecular complexity index is 1770. The Morgan fingerprint density at radius 3 is 2.48 bits per heavy atom. The summed E-state index contributed by atoms with van der Waals surface area (Å²) in [6, 6.07) is 10.5. The third kappa shape index (κ3) is 6.59. The molecule has 4 aromatic rings. The summed E-state index contributed by atoms with van der Waals surface area (Å²) in [6.07, 6.45) is -1.41. The van der Waals surface area contributed by atoms with E-state index in [1.54, 1.807) is 49.6 Å². The summed E-state index contributed by atoms with van der Waals surface area (Å²) >= 11 is 0. The molecule has 2 saturated heterocycles. The van der Waals surface area contributed by atoms with E-state index in [-0.39, 0.29) is 34.5 Å².